The lowest BCUT2D eigenvalue weighted by Gasteiger charge is -2.21. The van der Waals surface area contributed by atoms with Gasteiger partial charge in [0.05, 0.1) is 0 Å². The van der Waals surface area contributed by atoms with Crippen molar-refractivity contribution in [1.82, 2.24) is 5.32 Å². The van der Waals surface area contributed by atoms with Crippen LogP contribution < -0.4 is 11.1 Å². The van der Waals surface area contributed by atoms with Crippen LogP contribution in [0, 0.1) is 5.92 Å². The lowest BCUT2D eigenvalue weighted by atomic mass is 10.0. The highest BCUT2D eigenvalue weighted by molar-refractivity contribution is 7.91. The Balaban J connectivity index is 4.23. The van der Waals surface area contributed by atoms with Crippen LogP contribution in [0.15, 0.2) is 0 Å². The van der Waals surface area contributed by atoms with E-state index in [9.17, 15) is 13.2 Å². The largest absolute Gasteiger partial charge is 0.352 e. The third kappa shape index (κ3) is 7.33. The molecule has 0 aliphatic carbocycles. The van der Waals surface area contributed by atoms with Crippen LogP contribution in [-0.2, 0) is 14.6 Å². The van der Waals surface area contributed by atoms with Gasteiger partial charge in [0.25, 0.3) is 0 Å². The molecule has 1 atom stereocenters. The Morgan fingerprint density at radius 2 is 1.93 bits per heavy atom. The fourth-order valence-corrected chi connectivity index (χ4v) is 1.80. The van der Waals surface area contributed by atoms with E-state index in [4.69, 9.17) is 5.73 Å². The molecule has 0 aromatic rings. The molecule has 0 heterocycles. The van der Waals surface area contributed by atoms with Crippen LogP contribution in [0.2, 0.25) is 0 Å². The molecular weight excluding hydrogens is 216 g/mol. The number of carbonyl (C=O) groups is 1. The molecule has 6 heteroatoms. The topological polar surface area (TPSA) is 89.3 Å². The van der Waals surface area contributed by atoms with Gasteiger partial charge in [-0.1, -0.05) is 13.8 Å². The molecule has 0 saturated carbocycles. The minimum absolute atomic E-state index is 0.0516. The van der Waals surface area contributed by atoms with Gasteiger partial charge in [-0.05, 0) is 18.9 Å². The van der Waals surface area contributed by atoms with E-state index in [1.165, 1.54) is 0 Å². The first-order valence-corrected chi connectivity index (χ1v) is 6.99. The minimum Gasteiger partial charge on any atom is -0.352 e. The van der Waals surface area contributed by atoms with Crippen molar-refractivity contribution in [1.29, 1.82) is 0 Å². The molecule has 0 aliphatic heterocycles. The Kier molecular flexibility index (Phi) is 5.82. The second-order valence-electron chi connectivity index (χ2n) is 4.07. The molecule has 3 N–H and O–H groups in total. The summed E-state index contributed by atoms with van der Waals surface area (Å²) in [5, 5.41) is 2.68. The molecule has 0 rings (SSSR count). The first-order valence-electron chi connectivity index (χ1n) is 4.93. The molecular formula is C9H20N2O3S. The van der Waals surface area contributed by atoms with Gasteiger partial charge in [0, 0.05) is 12.3 Å². The first kappa shape index (κ1) is 14.4. The van der Waals surface area contributed by atoms with Gasteiger partial charge >= 0.3 is 0 Å². The van der Waals surface area contributed by atoms with Crippen molar-refractivity contribution in [2.24, 2.45) is 11.7 Å². The first-order chi connectivity index (χ1) is 6.76. The van der Waals surface area contributed by atoms with E-state index in [1.807, 2.05) is 13.8 Å². The predicted octanol–water partition coefficient (Wildman–Crippen LogP) is -0.479. The summed E-state index contributed by atoms with van der Waals surface area (Å²) in [6.07, 6.45) is 1.70. The van der Waals surface area contributed by atoms with E-state index < -0.39 is 21.5 Å². The summed E-state index contributed by atoms with van der Waals surface area (Å²) in [7, 11) is -3.25. The molecule has 1 unspecified atom stereocenters. The van der Waals surface area contributed by atoms with E-state index in [2.05, 4.69) is 5.32 Å². The van der Waals surface area contributed by atoms with Crippen molar-refractivity contribution >= 4 is 15.7 Å². The van der Waals surface area contributed by atoms with Crippen molar-refractivity contribution < 1.29 is 13.2 Å². The summed E-state index contributed by atoms with van der Waals surface area (Å²) in [6, 6.07) is -0.0516. The maximum absolute atomic E-state index is 11.3. The van der Waals surface area contributed by atoms with Gasteiger partial charge in [-0.25, -0.2) is 8.42 Å². The van der Waals surface area contributed by atoms with E-state index in [0.717, 1.165) is 6.26 Å². The molecule has 1 amide bonds. The van der Waals surface area contributed by atoms with Gasteiger partial charge in [-0.15, -0.1) is 0 Å². The monoisotopic (exact) mass is 236 g/mol. The van der Waals surface area contributed by atoms with E-state index in [-0.39, 0.29) is 12.0 Å². The third-order valence-electron chi connectivity index (χ3n) is 2.02. The maximum Gasteiger partial charge on any atom is 0.235 e. The van der Waals surface area contributed by atoms with Crippen molar-refractivity contribution in [3.63, 3.8) is 0 Å². The van der Waals surface area contributed by atoms with Crippen molar-refractivity contribution in [3.05, 3.63) is 0 Å². The van der Waals surface area contributed by atoms with Crippen LogP contribution >= 0.6 is 0 Å². The Morgan fingerprint density at radius 1 is 1.40 bits per heavy atom. The molecule has 0 fully saturated rings. The summed E-state index contributed by atoms with van der Waals surface area (Å²) < 4.78 is 21.7. The number of hydrogen-bond donors (Lipinski definition) is 2. The molecule has 0 bridgehead atoms. The number of sulfone groups is 1. The van der Waals surface area contributed by atoms with Gasteiger partial charge in [0.2, 0.25) is 5.91 Å². The third-order valence-corrected chi connectivity index (χ3v) is 2.81. The second-order valence-corrected chi connectivity index (χ2v) is 6.21. The van der Waals surface area contributed by atoms with Crippen molar-refractivity contribution in [2.75, 3.05) is 18.6 Å². The molecule has 0 radical (unpaired) electrons. The fraction of sp³-hybridized carbons (Fsp3) is 0.889. The summed E-state index contributed by atoms with van der Waals surface area (Å²) in [6.45, 7) is 4.39. The highest BCUT2D eigenvalue weighted by Gasteiger charge is 2.17. The molecule has 0 aliphatic rings. The van der Waals surface area contributed by atoms with Crippen LogP contribution in [0.25, 0.3) is 0 Å². The average molecular weight is 236 g/mol. The SMILES string of the molecule is CC(C)C(CCN)NC(=O)CS(C)(=O)=O. The lowest BCUT2D eigenvalue weighted by molar-refractivity contribution is -0.119. The van der Waals surface area contributed by atoms with Crippen LogP contribution in [0.1, 0.15) is 20.3 Å². The van der Waals surface area contributed by atoms with Gasteiger partial charge in [0.1, 0.15) is 5.75 Å². The van der Waals surface area contributed by atoms with E-state index in [0.29, 0.717) is 13.0 Å². The quantitative estimate of drug-likeness (QED) is 0.652. The highest BCUT2D eigenvalue weighted by atomic mass is 32.2. The molecule has 90 valence electrons. The molecule has 5 nitrogen and oxygen atoms in total. The Labute approximate surface area is 91.3 Å². The van der Waals surface area contributed by atoms with Gasteiger partial charge in [-0.2, -0.15) is 0 Å². The van der Waals surface area contributed by atoms with Gasteiger partial charge in [0.15, 0.2) is 9.84 Å². The van der Waals surface area contributed by atoms with Gasteiger partial charge in [-0.3, -0.25) is 4.79 Å². The number of hydrogen-bond acceptors (Lipinski definition) is 4. The number of nitrogens with two attached hydrogens (primary N) is 1. The summed E-state index contributed by atoms with van der Waals surface area (Å²) in [5.74, 6) is -0.664. The molecule has 0 aromatic heterocycles. The number of rotatable bonds is 6. The van der Waals surface area contributed by atoms with Crippen molar-refractivity contribution in [2.45, 2.75) is 26.3 Å². The second kappa shape index (κ2) is 6.07. The normalized spacial score (nSPS) is 13.9. The number of amides is 1. The summed E-state index contributed by atoms with van der Waals surface area (Å²) in [4.78, 5) is 11.3. The van der Waals surface area contributed by atoms with Crippen LogP contribution in [0.4, 0.5) is 0 Å². The number of nitrogens with one attached hydrogen (secondary N) is 1. The number of carbonyl (C=O) groups excluding carboxylic acids is 1. The predicted molar refractivity (Wildman–Crippen MR) is 60.2 cm³/mol. The minimum atomic E-state index is -3.25. The smallest absolute Gasteiger partial charge is 0.235 e. The van der Waals surface area contributed by atoms with E-state index >= 15 is 0 Å². The zero-order valence-corrected chi connectivity index (χ0v) is 10.3. The van der Waals surface area contributed by atoms with Crippen LogP contribution in [0.3, 0.4) is 0 Å². The molecule has 15 heavy (non-hydrogen) atoms. The Morgan fingerprint density at radius 3 is 2.27 bits per heavy atom. The molecule has 0 spiro atoms. The lowest BCUT2D eigenvalue weighted by Crippen LogP contribution is -2.42. The Hall–Kier alpha value is -0.620. The fourth-order valence-electron chi connectivity index (χ4n) is 1.24. The molecule has 0 saturated heterocycles. The average Bonchev–Trinajstić information content (AvgIpc) is 1.99. The maximum atomic E-state index is 11.3. The summed E-state index contributed by atoms with van der Waals surface area (Å²) >= 11 is 0. The van der Waals surface area contributed by atoms with Crippen LogP contribution in [0.5, 0.6) is 0 Å². The zero-order valence-electron chi connectivity index (χ0n) is 9.49. The van der Waals surface area contributed by atoms with Gasteiger partial charge < -0.3 is 11.1 Å². The highest BCUT2D eigenvalue weighted by Crippen LogP contribution is 2.04. The summed E-state index contributed by atoms with van der Waals surface area (Å²) in [5.41, 5.74) is 5.40. The van der Waals surface area contributed by atoms with Crippen LogP contribution in [-0.4, -0.2) is 38.9 Å². The Bertz CT molecular complexity index is 298. The van der Waals surface area contributed by atoms with E-state index in [1.54, 1.807) is 0 Å². The zero-order chi connectivity index (χ0) is 12.1. The molecule has 0 aromatic carbocycles. The van der Waals surface area contributed by atoms with Crippen molar-refractivity contribution in [3.8, 4) is 0 Å². The standard InChI is InChI=1S/C9H20N2O3S/c1-7(2)8(4-5-10)11-9(12)6-15(3,13)14/h7-8H,4-6,10H2,1-3H3,(H,11,12).